The summed E-state index contributed by atoms with van der Waals surface area (Å²) in [7, 11) is 3.13. The molecule has 6 heteroatoms. The van der Waals surface area contributed by atoms with Crippen molar-refractivity contribution in [2.45, 2.75) is 6.04 Å². The van der Waals surface area contributed by atoms with Crippen LogP contribution in [0.4, 0.5) is 0 Å². The Hall–Kier alpha value is -2.57. The standard InChI is InChI=1S/C21H26N2O4/c1-25-17-8-9-20(26-2)18(14-17)21(24)22-19(16-6-4-3-5-7-16)15-23-10-12-27-13-11-23/h3-9,14,19H,10-13,15H2,1-2H3,(H,22,24). The molecule has 1 N–H and O–H groups in total. The Morgan fingerprint density at radius 1 is 1.11 bits per heavy atom. The van der Waals surface area contributed by atoms with E-state index in [2.05, 4.69) is 10.2 Å². The molecular formula is C21H26N2O4. The number of nitrogens with one attached hydrogen (secondary N) is 1. The predicted octanol–water partition coefficient (Wildman–Crippen LogP) is 2.51. The molecule has 1 unspecified atom stereocenters. The lowest BCUT2D eigenvalue weighted by atomic mass is 10.0. The van der Waals surface area contributed by atoms with E-state index in [9.17, 15) is 4.79 Å². The van der Waals surface area contributed by atoms with Crippen LogP contribution >= 0.6 is 0 Å². The highest BCUT2D eigenvalue weighted by Gasteiger charge is 2.22. The molecule has 1 heterocycles. The van der Waals surface area contributed by atoms with Crippen molar-refractivity contribution in [3.63, 3.8) is 0 Å². The van der Waals surface area contributed by atoms with Gasteiger partial charge in [-0.05, 0) is 23.8 Å². The number of hydrogen-bond donors (Lipinski definition) is 1. The molecule has 0 aromatic heterocycles. The number of nitrogens with zero attached hydrogens (tertiary/aromatic N) is 1. The van der Waals surface area contributed by atoms with E-state index in [-0.39, 0.29) is 11.9 Å². The minimum atomic E-state index is -0.187. The van der Waals surface area contributed by atoms with Crippen molar-refractivity contribution in [2.75, 3.05) is 47.1 Å². The molecule has 1 amide bonds. The number of carbonyl (C=O) groups is 1. The zero-order valence-electron chi connectivity index (χ0n) is 15.8. The van der Waals surface area contributed by atoms with Crippen LogP contribution in [0.1, 0.15) is 22.0 Å². The van der Waals surface area contributed by atoms with Gasteiger partial charge in [0.25, 0.3) is 5.91 Å². The second-order valence-electron chi connectivity index (χ2n) is 6.42. The van der Waals surface area contributed by atoms with E-state index in [1.807, 2.05) is 30.3 Å². The lowest BCUT2D eigenvalue weighted by Crippen LogP contribution is -2.43. The summed E-state index contributed by atoms with van der Waals surface area (Å²) >= 11 is 0. The molecule has 1 aliphatic heterocycles. The number of ether oxygens (including phenoxy) is 3. The van der Waals surface area contributed by atoms with Gasteiger partial charge >= 0.3 is 0 Å². The van der Waals surface area contributed by atoms with Crippen LogP contribution in [0.2, 0.25) is 0 Å². The molecule has 6 nitrogen and oxygen atoms in total. The predicted molar refractivity (Wildman–Crippen MR) is 103 cm³/mol. The van der Waals surface area contributed by atoms with Crippen molar-refractivity contribution in [1.82, 2.24) is 10.2 Å². The van der Waals surface area contributed by atoms with E-state index >= 15 is 0 Å². The van der Waals surface area contributed by atoms with E-state index < -0.39 is 0 Å². The van der Waals surface area contributed by atoms with Gasteiger partial charge < -0.3 is 19.5 Å². The molecule has 0 spiro atoms. The molecule has 1 atom stereocenters. The van der Waals surface area contributed by atoms with Crippen LogP contribution in [0, 0.1) is 0 Å². The van der Waals surface area contributed by atoms with E-state index in [4.69, 9.17) is 14.2 Å². The summed E-state index contributed by atoms with van der Waals surface area (Å²) in [5, 5.41) is 3.17. The Morgan fingerprint density at radius 2 is 1.85 bits per heavy atom. The van der Waals surface area contributed by atoms with Crippen LogP contribution in [0.15, 0.2) is 48.5 Å². The second-order valence-corrected chi connectivity index (χ2v) is 6.42. The first-order chi connectivity index (χ1) is 13.2. The van der Waals surface area contributed by atoms with Crippen LogP contribution in [0.3, 0.4) is 0 Å². The molecule has 3 rings (SSSR count). The molecule has 0 bridgehead atoms. The Kier molecular flexibility index (Phi) is 6.68. The summed E-state index contributed by atoms with van der Waals surface area (Å²) in [6, 6.07) is 15.1. The summed E-state index contributed by atoms with van der Waals surface area (Å²) in [4.78, 5) is 15.3. The van der Waals surface area contributed by atoms with Gasteiger partial charge in [0.2, 0.25) is 0 Å². The number of amides is 1. The highest BCUT2D eigenvalue weighted by molar-refractivity contribution is 5.97. The van der Waals surface area contributed by atoms with E-state index in [0.29, 0.717) is 17.1 Å². The highest BCUT2D eigenvalue weighted by atomic mass is 16.5. The largest absolute Gasteiger partial charge is 0.497 e. The summed E-state index contributed by atoms with van der Waals surface area (Å²) in [6.45, 7) is 3.90. The van der Waals surface area contributed by atoms with Gasteiger partial charge in [0.05, 0.1) is 39.0 Å². The lowest BCUT2D eigenvalue weighted by Gasteiger charge is -2.31. The van der Waals surface area contributed by atoms with Gasteiger partial charge in [-0.15, -0.1) is 0 Å². The number of carbonyl (C=O) groups excluding carboxylic acids is 1. The Balaban J connectivity index is 1.81. The maximum Gasteiger partial charge on any atom is 0.255 e. The average molecular weight is 370 g/mol. The van der Waals surface area contributed by atoms with Crippen molar-refractivity contribution in [2.24, 2.45) is 0 Å². The first-order valence-electron chi connectivity index (χ1n) is 9.09. The summed E-state index contributed by atoms with van der Waals surface area (Å²) < 4.78 is 16.1. The quantitative estimate of drug-likeness (QED) is 0.812. The van der Waals surface area contributed by atoms with Gasteiger partial charge in [-0.1, -0.05) is 30.3 Å². The van der Waals surface area contributed by atoms with Crippen LogP contribution < -0.4 is 14.8 Å². The van der Waals surface area contributed by atoms with Gasteiger partial charge in [0.1, 0.15) is 11.5 Å². The number of morpholine rings is 1. The summed E-state index contributed by atoms with van der Waals surface area (Å²) in [5.74, 6) is 0.949. The van der Waals surface area contributed by atoms with Crippen molar-refractivity contribution in [3.05, 3.63) is 59.7 Å². The van der Waals surface area contributed by atoms with E-state index in [1.54, 1.807) is 32.4 Å². The van der Waals surface area contributed by atoms with Crippen LogP contribution in [-0.4, -0.2) is 57.9 Å². The first kappa shape index (κ1) is 19.2. The third kappa shape index (κ3) is 4.99. The second kappa shape index (κ2) is 9.39. The van der Waals surface area contributed by atoms with Crippen LogP contribution in [-0.2, 0) is 4.74 Å². The van der Waals surface area contributed by atoms with Crippen LogP contribution in [0.5, 0.6) is 11.5 Å². The fraction of sp³-hybridized carbons (Fsp3) is 0.381. The normalized spacial score (nSPS) is 15.8. The van der Waals surface area contributed by atoms with Gasteiger partial charge in [-0.25, -0.2) is 0 Å². The molecule has 1 aliphatic rings. The minimum Gasteiger partial charge on any atom is -0.497 e. The zero-order chi connectivity index (χ0) is 19.1. The minimum absolute atomic E-state index is 0.132. The molecule has 0 radical (unpaired) electrons. The Morgan fingerprint density at radius 3 is 2.52 bits per heavy atom. The SMILES string of the molecule is COc1ccc(OC)c(C(=O)NC(CN2CCOCC2)c2ccccc2)c1. The van der Waals surface area contributed by atoms with Crippen molar-refractivity contribution < 1.29 is 19.0 Å². The molecule has 0 aliphatic carbocycles. The third-order valence-corrected chi connectivity index (χ3v) is 4.70. The first-order valence-corrected chi connectivity index (χ1v) is 9.09. The number of methoxy groups -OCH3 is 2. The topological polar surface area (TPSA) is 60.0 Å². The number of benzene rings is 2. The average Bonchev–Trinajstić information content (AvgIpc) is 2.74. The molecule has 1 saturated heterocycles. The molecule has 27 heavy (non-hydrogen) atoms. The molecule has 144 valence electrons. The van der Waals surface area contributed by atoms with Gasteiger partial charge in [-0.3, -0.25) is 9.69 Å². The van der Waals surface area contributed by atoms with E-state index in [1.165, 1.54) is 0 Å². The number of rotatable bonds is 7. The molecule has 2 aromatic rings. The van der Waals surface area contributed by atoms with Crippen molar-refractivity contribution >= 4 is 5.91 Å². The summed E-state index contributed by atoms with van der Waals surface area (Å²) in [6.07, 6.45) is 0. The third-order valence-electron chi connectivity index (χ3n) is 4.70. The van der Waals surface area contributed by atoms with E-state index in [0.717, 1.165) is 38.4 Å². The maximum atomic E-state index is 13.0. The fourth-order valence-corrected chi connectivity index (χ4v) is 3.19. The molecule has 0 saturated carbocycles. The number of hydrogen-bond acceptors (Lipinski definition) is 5. The zero-order valence-corrected chi connectivity index (χ0v) is 15.8. The smallest absolute Gasteiger partial charge is 0.255 e. The van der Waals surface area contributed by atoms with Gasteiger partial charge in [-0.2, -0.15) is 0 Å². The monoisotopic (exact) mass is 370 g/mol. The lowest BCUT2D eigenvalue weighted by molar-refractivity contribution is 0.0332. The summed E-state index contributed by atoms with van der Waals surface area (Å²) in [5.41, 5.74) is 1.53. The molecular weight excluding hydrogens is 344 g/mol. The van der Waals surface area contributed by atoms with Crippen molar-refractivity contribution in [3.8, 4) is 11.5 Å². The van der Waals surface area contributed by atoms with Gasteiger partial charge in [0, 0.05) is 19.6 Å². The maximum absolute atomic E-state index is 13.0. The highest BCUT2D eigenvalue weighted by Crippen LogP contribution is 2.25. The Bertz CT molecular complexity index is 745. The Labute approximate surface area is 160 Å². The molecule has 2 aromatic carbocycles. The van der Waals surface area contributed by atoms with Crippen molar-refractivity contribution in [1.29, 1.82) is 0 Å². The van der Waals surface area contributed by atoms with Gasteiger partial charge in [0.15, 0.2) is 0 Å². The fourth-order valence-electron chi connectivity index (χ4n) is 3.19. The van der Waals surface area contributed by atoms with Crippen LogP contribution in [0.25, 0.3) is 0 Å². The molecule has 1 fully saturated rings.